The number of aliphatic hydroxyl groups excluding tert-OH is 2. The molecule has 0 amide bonds. The minimum Gasteiger partial charge on any atom is -0.387 e. The second kappa shape index (κ2) is 1.78. The van der Waals surface area contributed by atoms with Crippen molar-refractivity contribution in [3.63, 3.8) is 0 Å². The number of halogens is 1. The monoisotopic (exact) mass is 146 g/mol. The summed E-state index contributed by atoms with van der Waals surface area (Å²) in [4.78, 5) is 0. The summed E-state index contributed by atoms with van der Waals surface area (Å²) < 4.78 is 17.3. The van der Waals surface area contributed by atoms with Crippen LogP contribution < -0.4 is 0 Å². The van der Waals surface area contributed by atoms with Crippen LogP contribution in [0, 0.1) is 0 Å². The van der Waals surface area contributed by atoms with Gasteiger partial charge in [0.25, 0.3) is 0 Å². The van der Waals surface area contributed by atoms with Crippen LogP contribution in [-0.2, 0) is 4.74 Å². The number of aliphatic hydroxyl groups is 2. The predicted molar refractivity (Wildman–Crippen MR) is 29.9 cm³/mol. The van der Waals surface area contributed by atoms with Gasteiger partial charge in [0.05, 0.1) is 0 Å². The fourth-order valence-corrected chi connectivity index (χ4v) is 1.14. The van der Waals surface area contributed by atoms with Gasteiger partial charge in [-0.2, -0.15) is 0 Å². The SMILES string of the molecule is O[C@H]1[C@H]2O[C@H]2C=C(F)[C@H]1O. The predicted octanol–water partition coefficient (Wildman–Crippen LogP) is -0.657. The molecular weight excluding hydrogens is 139 g/mol. The molecule has 2 rings (SSSR count). The standard InChI is InChI=1S/C6H7FO3/c7-2-1-3-6(10-3)5(9)4(2)8/h1,3-6,8-9H/t3-,4+,5+,6-/m0/s1. The van der Waals surface area contributed by atoms with E-state index in [1.807, 2.05) is 0 Å². The Morgan fingerprint density at radius 2 is 2.20 bits per heavy atom. The van der Waals surface area contributed by atoms with Gasteiger partial charge in [-0.15, -0.1) is 0 Å². The molecular formula is C6H7FO3. The van der Waals surface area contributed by atoms with E-state index in [2.05, 4.69) is 0 Å². The maximum absolute atomic E-state index is 12.5. The van der Waals surface area contributed by atoms with Gasteiger partial charge in [-0.25, -0.2) is 4.39 Å². The summed E-state index contributed by atoms with van der Waals surface area (Å²) in [6.07, 6.45) is -1.96. The molecule has 0 aromatic heterocycles. The van der Waals surface area contributed by atoms with Crippen molar-refractivity contribution >= 4 is 0 Å². The van der Waals surface area contributed by atoms with E-state index in [1.54, 1.807) is 0 Å². The third-order valence-corrected chi connectivity index (χ3v) is 1.83. The Kier molecular flexibility index (Phi) is 1.12. The molecule has 1 heterocycles. The molecule has 0 spiro atoms. The van der Waals surface area contributed by atoms with Gasteiger partial charge in [0, 0.05) is 0 Å². The van der Waals surface area contributed by atoms with E-state index < -0.39 is 18.0 Å². The third kappa shape index (κ3) is 0.697. The van der Waals surface area contributed by atoms with Gasteiger partial charge in [0.2, 0.25) is 0 Å². The molecule has 1 saturated heterocycles. The Morgan fingerprint density at radius 1 is 1.50 bits per heavy atom. The molecule has 2 N–H and O–H groups in total. The average Bonchev–Trinajstić information content (AvgIpc) is 2.62. The first kappa shape index (κ1) is 6.27. The molecule has 2 aliphatic rings. The molecule has 0 saturated carbocycles. The average molecular weight is 146 g/mol. The van der Waals surface area contributed by atoms with Crippen LogP contribution in [0.2, 0.25) is 0 Å². The quantitative estimate of drug-likeness (QED) is 0.446. The molecule has 1 aliphatic heterocycles. The Bertz CT molecular complexity index is 191. The molecule has 0 bridgehead atoms. The van der Waals surface area contributed by atoms with Crippen molar-refractivity contribution in [1.29, 1.82) is 0 Å². The van der Waals surface area contributed by atoms with Crippen LogP contribution in [0.1, 0.15) is 0 Å². The van der Waals surface area contributed by atoms with Crippen LogP contribution in [0.15, 0.2) is 11.9 Å². The molecule has 0 unspecified atom stereocenters. The van der Waals surface area contributed by atoms with Gasteiger partial charge in [-0.3, -0.25) is 0 Å². The summed E-state index contributed by atoms with van der Waals surface area (Å²) in [5, 5.41) is 17.9. The first-order chi connectivity index (χ1) is 4.70. The van der Waals surface area contributed by atoms with Crippen LogP contribution in [0.4, 0.5) is 4.39 Å². The second-order valence-electron chi connectivity index (χ2n) is 2.55. The fourth-order valence-electron chi connectivity index (χ4n) is 1.14. The molecule has 1 aliphatic carbocycles. The van der Waals surface area contributed by atoms with Gasteiger partial charge in [0.1, 0.15) is 30.2 Å². The lowest BCUT2D eigenvalue weighted by Gasteiger charge is -2.16. The maximum atomic E-state index is 12.5. The smallest absolute Gasteiger partial charge is 0.134 e. The number of fused-ring (bicyclic) bond motifs is 1. The number of epoxide rings is 1. The van der Waals surface area contributed by atoms with Crippen LogP contribution in [-0.4, -0.2) is 34.6 Å². The molecule has 3 nitrogen and oxygen atoms in total. The van der Waals surface area contributed by atoms with E-state index >= 15 is 0 Å². The minimum atomic E-state index is -1.39. The fraction of sp³-hybridized carbons (Fsp3) is 0.667. The van der Waals surface area contributed by atoms with Gasteiger partial charge in [-0.05, 0) is 6.08 Å². The molecule has 10 heavy (non-hydrogen) atoms. The molecule has 0 radical (unpaired) electrons. The highest BCUT2D eigenvalue weighted by atomic mass is 19.1. The van der Waals surface area contributed by atoms with E-state index in [4.69, 9.17) is 14.9 Å². The Morgan fingerprint density at radius 3 is 2.90 bits per heavy atom. The summed E-state index contributed by atoms with van der Waals surface area (Å²) in [5.41, 5.74) is 0. The Hall–Kier alpha value is -0.450. The van der Waals surface area contributed by atoms with E-state index in [9.17, 15) is 4.39 Å². The normalized spacial score (nSPS) is 51.7. The summed E-state index contributed by atoms with van der Waals surface area (Å²) in [6.45, 7) is 0. The van der Waals surface area contributed by atoms with Gasteiger partial charge in [0.15, 0.2) is 0 Å². The highest BCUT2D eigenvalue weighted by Crippen LogP contribution is 2.35. The second-order valence-corrected chi connectivity index (χ2v) is 2.55. The minimum absolute atomic E-state index is 0.307. The van der Waals surface area contributed by atoms with Crippen LogP contribution in [0.5, 0.6) is 0 Å². The van der Waals surface area contributed by atoms with Crippen LogP contribution >= 0.6 is 0 Å². The van der Waals surface area contributed by atoms with Crippen molar-refractivity contribution in [3.05, 3.63) is 11.9 Å². The van der Waals surface area contributed by atoms with Gasteiger partial charge in [-0.1, -0.05) is 0 Å². The van der Waals surface area contributed by atoms with Crippen molar-refractivity contribution in [2.24, 2.45) is 0 Å². The zero-order valence-electron chi connectivity index (χ0n) is 5.07. The molecule has 4 atom stereocenters. The Labute approximate surface area is 56.7 Å². The summed E-state index contributed by atoms with van der Waals surface area (Å²) in [7, 11) is 0. The van der Waals surface area contributed by atoms with E-state index in [-0.39, 0.29) is 12.2 Å². The van der Waals surface area contributed by atoms with Crippen molar-refractivity contribution in [2.75, 3.05) is 0 Å². The maximum Gasteiger partial charge on any atom is 0.134 e. The van der Waals surface area contributed by atoms with Crippen molar-refractivity contribution in [2.45, 2.75) is 24.4 Å². The molecule has 56 valence electrons. The zero-order valence-corrected chi connectivity index (χ0v) is 5.07. The van der Waals surface area contributed by atoms with Crippen LogP contribution in [0.25, 0.3) is 0 Å². The number of hydrogen-bond donors (Lipinski definition) is 2. The van der Waals surface area contributed by atoms with E-state index in [0.29, 0.717) is 0 Å². The molecule has 4 heteroatoms. The first-order valence-electron chi connectivity index (χ1n) is 3.09. The topological polar surface area (TPSA) is 53.0 Å². The van der Waals surface area contributed by atoms with E-state index in [0.717, 1.165) is 0 Å². The summed E-state index contributed by atoms with van der Waals surface area (Å²) in [5.74, 6) is -0.689. The van der Waals surface area contributed by atoms with Gasteiger partial charge < -0.3 is 14.9 Å². The number of rotatable bonds is 0. The highest BCUT2D eigenvalue weighted by molar-refractivity contribution is 5.20. The highest BCUT2D eigenvalue weighted by Gasteiger charge is 2.50. The van der Waals surface area contributed by atoms with Crippen molar-refractivity contribution < 1.29 is 19.3 Å². The van der Waals surface area contributed by atoms with Gasteiger partial charge >= 0.3 is 0 Å². The van der Waals surface area contributed by atoms with Crippen molar-refractivity contribution in [3.8, 4) is 0 Å². The largest absolute Gasteiger partial charge is 0.387 e. The lowest BCUT2D eigenvalue weighted by Crippen LogP contribution is -2.35. The van der Waals surface area contributed by atoms with E-state index in [1.165, 1.54) is 6.08 Å². The zero-order chi connectivity index (χ0) is 7.30. The van der Waals surface area contributed by atoms with Crippen molar-refractivity contribution in [1.82, 2.24) is 0 Å². The molecule has 0 aromatic carbocycles. The summed E-state index contributed by atoms with van der Waals surface area (Å²) in [6, 6.07) is 0. The summed E-state index contributed by atoms with van der Waals surface area (Å²) >= 11 is 0. The lowest BCUT2D eigenvalue weighted by atomic mass is 10.0. The number of ether oxygens (including phenoxy) is 1. The lowest BCUT2D eigenvalue weighted by molar-refractivity contribution is 0.0111. The Balaban J connectivity index is 2.23. The molecule has 1 fully saturated rings. The van der Waals surface area contributed by atoms with Crippen LogP contribution in [0.3, 0.4) is 0 Å². The first-order valence-corrected chi connectivity index (χ1v) is 3.09. The molecule has 0 aromatic rings. The third-order valence-electron chi connectivity index (χ3n) is 1.83. The number of hydrogen-bond acceptors (Lipinski definition) is 3.